The van der Waals surface area contributed by atoms with Gasteiger partial charge in [0, 0.05) is 17.1 Å². The minimum atomic E-state index is -3.42. The first-order chi connectivity index (χ1) is 9.29. The van der Waals surface area contributed by atoms with Crippen LogP contribution < -0.4 is 9.04 Å². The van der Waals surface area contributed by atoms with Gasteiger partial charge < -0.3 is 9.72 Å². The fraction of sp³-hybridized carbons (Fsp3) is 0.462. The molecule has 0 unspecified atom stereocenters. The van der Waals surface area contributed by atoms with E-state index in [-0.39, 0.29) is 12.4 Å². The zero-order valence-corrected chi connectivity index (χ0v) is 12.5. The zero-order chi connectivity index (χ0) is 14.5. The lowest BCUT2D eigenvalue weighted by atomic mass is 10.1. The van der Waals surface area contributed by atoms with Crippen LogP contribution in [0.15, 0.2) is 18.3 Å². The second kappa shape index (κ2) is 4.12. The summed E-state index contributed by atoms with van der Waals surface area (Å²) in [5.41, 5.74) is 0.617. The number of aromatic nitrogens is 2. The Balaban J connectivity index is 2.31. The van der Waals surface area contributed by atoms with E-state index in [0.717, 1.165) is 5.39 Å². The van der Waals surface area contributed by atoms with Crippen LogP contribution in [-0.2, 0) is 10.0 Å². The summed E-state index contributed by atoms with van der Waals surface area (Å²) in [5.74, 6) is 0.310. The summed E-state index contributed by atoms with van der Waals surface area (Å²) in [6.07, 6.45) is 1.77. The number of rotatable bonds is 0. The van der Waals surface area contributed by atoms with Gasteiger partial charge in [-0.2, -0.15) is 4.98 Å². The van der Waals surface area contributed by atoms with Gasteiger partial charge in [0.05, 0.1) is 0 Å². The third-order valence-electron chi connectivity index (χ3n) is 3.17. The Bertz CT molecular complexity index is 759. The van der Waals surface area contributed by atoms with E-state index in [0.29, 0.717) is 17.2 Å². The van der Waals surface area contributed by atoms with E-state index in [2.05, 4.69) is 9.97 Å². The van der Waals surface area contributed by atoms with Crippen LogP contribution in [-0.4, -0.2) is 36.3 Å². The molecule has 0 bridgehead atoms. The summed E-state index contributed by atoms with van der Waals surface area (Å²) in [6.45, 7) is 5.70. The number of ether oxygens (including phenoxy) is 1. The van der Waals surface area contributed by atoms with Crippen molar-refractivity contribution >= 4 is 26.7 Å². The average Bonchev–Trinajstić information content (AvgIpc) is 2.68. The SMILES string of the molecule is CC(C)(C)N1c2cc3cc[nH]c3nc2OCCS1(=O)=O. The molecule has 0 fully saturated rings. The summed E-state index contributed by atoms with van der Waals surface area (Å²) in [4.78, 5) is 7.39. The molecular formula is C13H17N3O3S. The van der Waals surface area contributed by atoms with Crippen LogP contribution in [0.4, 0.5) is 5.69 Å². The largest absolute Gasteiger partial charge is 0.475 e. The Labute approximate surface area is 117 Å². The van der Waals surface area contributed by atoms with Gasteiger partial charge in [0.25, 0.3) is 0 Å². The number of hydrogen-bond acceptors (Lipinski definition) is 4. The van der Waals surface area contributed by atoms with Crippen LogP contribution in [0.5, 0.6) is 5.88 Å². The van der Waals surface area contributed by atoms with Crippen molar-refractivity contribution in [3.63, 3.8) is 0 Å². The predicted octanol–water partition coefficient (Wildman–Crippen LogP) is 1.89. The maximum atomic E-state index is 12.5. The minimum absolute atomic E-state index is 0.0471. The number of H-pyrrole nitrogens is 1. The first-order valence-electron chi connectivity index (χ1n) is 6.43. The van der Waals surface area contributed by atoms with Crippen molar-refractivity contribution in [3.8, 4) is 5.88 Å². The Morgan fingerprint density at radius 3 is 2.85 bits per heavy atom. The summed E-state index contributed by atoms with van der Waals surface area (Å²) < 4.78 is 31.9. The second-order valence-electron chi connectivity index (χ2n) is 5.83. The van der Waals surface area contributed by atoms with Crippen molar-refractivity contribution < 1.29 is 13.2 Å². The Morgan fingerprint density at radius 2 is 2.15 bits per heavy atom. The van der Waals surface area contributed by atoms with Crippen LogP contribution in [0.2, 0.25) is 0 Å². The number of sulfonamides is 1. The number of fused-ring (bicyclic) bond motifs is 2. The van der Waals surface area contributed by atoms with Crippen LogP contribution in [0, 0.1) is 0 Å². The molecular weight excluding hydrogens is 278 g/mol. The highest BCUT2D eigenvalue weighted by Gasteiger charge is 2.37. The predicted molar refractivity (Wildman–Crippen MR) is 77.6 cm³/mol. The maximum absolute atomic E-state index is 12.5. The number of hydrogen-bond donors (Lipinski definition) is 1. The van der Waals surface area contributed by atoms with Crippen molar-refractivity contribution in [1.29, 1.82) is 0 Å². The van der Waals surface area contributed by atoms with Crippen molar-refractivity contribution in [2.75, 3.05) is 16.7 Å². The third-order valence-corrected chi connectivity index (χ3v) is 5.15. The normalized spacial score (nSPS) is 18.4. The van der Waals surface area contributed by atoms with Gasteiger partial charge in [-0.1, -0.05) is 0 Å². The summed E-state index contributed by atoms with van der Waals surface area (Å²) >= 11 is 0. The molecule has 108 valence electrons. The van der Waals surface area contributed by atoms with E-state index in [4.69, 9.17) is 4.74 Å². The van der Waals surface area contributed by atoms with E-state index in [1.54, 1.807) is 6.20 Å². The zero-order valence-electron chi connectivity index (χ0n) is 11.7. The van der Waals surface area contributed by atoms with Crippen LogP contribution in [0.3, 0.4) is 0 Å². The fourth-order valence-corrected chi connectivity index (χ4v) is 4.21. The highest BCUT2D eigenvalue weighted by Crippen LogP contribution is 2.38. The molecule has 3 rings (SSSR count). The fourth-order valence-electron chi connectivity index (χ4n) is 2.47. The molecule has 0 atom stereocenters. The van der Waals surface area contributed by atoms with Crippen molar-refractivity contribution in [3.05, 3.63) is 18.3 Å². The van der Waals surface area contributed by atoms with Gasteiger partial charge in [-0.15, -0.1) is 0 Å². The lowest BCUT2D eigenvalue weighted by Crippen LogP contribution is -2.46. The molecule has 7 heteroatoms. The summed E-state index contributed by atoms with van der Waals surface area (Å²) in [5, 5.41) is 0.860. The van der Waals surface area contributed by atoms with Crippen molar-refractivity contribution in [2.45, 2.75) is 26.3 Å². The van der Waals surface area contributed by atoms with E-state index < -0.39 is 15.6 Å². The standard InChI is InChI=1S/C13H17N3O3S/c1-13(2,3)16-10-8-9-4-5-14-11(9)15-12(10)19-6-7-20(16,17)18/h4-5,8H,6-7H2,1-3H3,(H,14,15). The van der Waals surface area contributed by atoms with Gasteiger partial charge in [0.2, 0.25) is 15.9 Å². The van der Waals surface area contributed by atoms with E-state index in [1.165, 1.54) is 4.31 Å². The van der Waals surface area contributed by atoms with Gasteiger partial charge in [0.1, 0.15) is 23.7 Å². The number of aromatic amines is 1. The lowest BCUT2D eigenvalue weighted by molar-refractivity contribution is 0.333. The van der Waals surface area contributed by atoms with Gasteiger partial charge in [-0.3, -0.25) is 4.31 Å². The molecule has 0 radical (unpaired) electrons. The smallest absolute Gasteiger partial charge is 0.240 e. The highest BCUT2D eigenvalue weighted by atomic mass is 32.2. The topological polar surface area (TPSA) is 75.3 Å². The quantitative estimate of drug-likeness (QED) is 0.805. The minimum Gasteiger partial charge on any atom is -0.475 e. The molecule has 1 N–H and O–H groups in total. The summed E-state index contributed by atoms with van der Waals surface area (Å²) in [7, 11) is -3.42. The van der Waals surface area contributed by atoms with Crippen molar-refractivity contribution in [2.24, 2.45) is 0 Å². The first-order valence-corrected chi connectivity index (χ1v) is 8.04. The average molecular weight is 295 g/mol. The van der Waals surface area contributed by atoms with Crippen LogP contribution in [0.1, 0.15) is 20.8 Å². The lowest BCUT2D eigenvalue weighted by Gasteiger charge is -2.35. The number of nitrogens with one attached hydrogen (secondary N) is 1. The number of nitrogens with zero attached hydrogens (tertiary/aromatic N) is 2. The maximum Gasteiger partial charge on any atom is 0.240 e. The molecule has 0 saturated heterocycles. The highest BCUT2D eigenvalue weighted by molar-refractivity contribution is 7.92. The number of anilines is 1. The van der Waals surface area contributed by atoms with Crippen LogP contribution in [0.25, 0.3) is 11.0 Å². The van der Waals surface area contributed by atoms with Gasteiger partial charge in [-0.25, -0.2) is 8.42 Å². The Kier molecular flexibility index (Phi) is 2.72. The first kappa shape index (κ1) is 13.2. The van der Waals surface area contributed by atoms with Crippen molar-refractivity contribution in [1.82, 2.24) is 9.97 Å². The van der Waals surface area contributed by atoms with E-state index in [1.807, 2.05) is 32.9 Å². The van der Waals surface area contributed by atoms with Gasteiger partial charge >= 0.3 is 0 Å². The van der Waals surface area contributed by atoms with E-state index >= 15 is 0 Å². The monoisotopic (exact) mass is 295 g/mol. The molecule has 6 nitrogen and oxygen atoms in total. The molecule has 3 heterocycles. The summed E-state index contributed by atoms with van der Waals surface area (Å²) in [6, 6.07) is 3.67. The molecule has 20 heavy (non-hydrogen) atoms. The Hall–Kier alpha value is -1.76. The molecule has 0 aromatic carbocycles. The van der Waals surface area contributed by atoms with Gasteiger partial charge in [0.15, 0.2) is 0 Å². The molecule has 0 amide bonds. The molecule has 0 spiro atoms. The number of pyridine rings is 1. The molecule has 2 aromatic heterocycles. The van der Waals surface area contributed by atoms with E-state index in [9.17, 15) is 8.42 Å². The molecule has 2 aromatic rings. The molecule has 0 saturated carbocycles. The Morgan fingerprint density at radius 1 is 1.40 bits per heavy atom. The molecule has 1 aliphatic rings. The van der Waals surface area contributed by atoms with Crippen LogP contribution >= 0.6 is 0 Å². The van der Waals surface area contributed by atoms with Gasteiger partial charge in [-0.05, 0) is 32.9 Å². The molecule has 1 aliphatic heterocycles. The second-order valence-corrected chi connectivity index (χ2v) is 7.77. The molecule has 0 aliphatic carbocycles. The third kappa shape index (κ3) is 2.02.